The van der Waals surface area contributed by atoms with E-state index in [1.165, 1.54) is 0 Å². The summed E-state index contributed by atoms with van der Waals surface area (Å²) in [4.78, 5) is 0. The maximum Gasteiger partial charge on any atom is 0.205 e. The zero-order valence-corrected chi connectivity index (χ0v) is 12.3. The molecular formula is C17H22O3. The maximum atomic E-state index is 9.29. The van der Waals surface area contributed by atoms with E-state index in [4.69, 9.17) is 9.47 Å². The molecule has 0 aromatic heterocycles. The van der Waals surface area contributed by atoms with Gasteiger partial charge in [-0.2, -0.15) is 0 Å². The normalized spacial score (nSPS) is 19.0. The number of ether oxygens (including phenoxy) is 2. The minimum Gasteiger partial charge on any atom is -0.463 e. The quantitative estimate of drug-likeness (QED) is 0.854. The summed E-state index contributed by atoms with van der Waals surface area (Å²) in [7, 11) is 0. The van der Waals surface area contributed by atoms with Gasteiger partial charge < -0.3 is 14.6 Å². The fourth-order valence-electron chi connectivity index (χ4n) is 2.19. The van der Waals surface area contributed by atoms with Gasteiger partial charge in [-0.1, -0.05) is 36.4 Å². The molecule has 1 aliphatic heterocycles. The summed E-state index contributed by atoms with van der Waals surface area (Å²) < 4.78 is 11.5. The first-order chi connectivity index (χ1) is 9.55. The summed E-state index contributed by atoms with van der Waals surface area (Å²) in [6.45, 7) is 6.41. The van der Waals surface area contributed by atoms with Crippen molar-refractivity contribution < 1.29 is 14.6 Å². The first-order valence-electron chi connectivity index (χ1n) is 6.92. The van der Waals surface area contributed by atoms with Crippen LogP contribution in [0.15, 0.2) is 36.4 Å². The molecule has 0 bridgehead atoms. The Labute approximate surface area is 120 Å². The third-order valence-electron chi connectivity index (χ3n) is 3.26. The van der Waals surface area contributed by atoms with E-state index >= 15 is 0 Å². The van der Waals surface area contributed by atoms with Crippen LogP contribution in [-0.4, -0.2) is 17.5 Å². The number of fused-ring (bicyclic) bond motifs is 1. The van der Waals surface area contributed by atoms with Gasteiger partial charge in [0, 0.05) is 25.3 Å². The molecule has 1 aromatic carbocycles. The summed E-state index contributed by atoms with van der Waals surface area (Å²) in [5, 5.41) is 9.29. The zero-order valence-electron chi connectivity index (χ0n) is 12.3. The summed E-state index contributed by atoms with van der Waals surface area (Å²) >= 11 is 0. The van der Waals surface area contributed by atoms with Crippen molar-refractivity contribution in [3.05, 3.63) is 47.6 Å². The summed E-state index contributed by atoms with van der Waals surface area (Å²) in [5.41, 5.74) is 2.13. The zero-order chi connectivity index (χ0) is 14.6. The van der Waals surface area contributed by atoms with Crippen molar-refractivity contribution in [2.45, 2.75) is 33.2 Å². The lowest BCUT2D eigenvalue weighted by Crippen LogP contribution is -2.35. The van der Waals surface area contributed by atoms with Crippen LogP contribution < -0.4 is 4.74 Å². The van der Waals surface area contributed by atoms with Crippen molar-refractivity contribution in [1.29, 1.82) is 0 Å². The van der Waals surface area contributed by atoms with Gasteiger partial charge in [0.05, 0.1) is 13.2 Å². The van der Waals surface area contributed by atoms with Crippen LogP contribution in [0.5, 0.6) is 5.75 Å². The predicted molar refractivity (Wildman–Crippen MR) is 80.4 cm³/mol. The Hall–Kier alpha value is -1.58. The molecular weight excluding hydrogens is 252 g/mol. The number of hydrogen-bond donors (Lipinski definition) is 1. The lowest BCUT2D eigenvalue weighted by molar-refractivity contribution is -0.180. The van der Waals surface area contributed by atoms with Crippen LogP contribution in [0, 0.1) is 5.92 Å². The first kappa shape index (κ1) is 14.8. The van der Waals surface area contributed by atoms with Gasteiger partial charge in [-0.15, -0.1) is 0 Å². The molecule has 2 rings (SSSR count). The van der Waals surface area contributed by atoms with Crippen molar-refractivity contribution in [3.63, 3.8) is 0 Å². The minimum absolute atomic E-state index is 0.0396. The standard InChI is InChI=1S/C17H22O3/c1-4-6-13(11-18)9-10-14-7-5-8-16-15(14)12-19-17(2,3)20-16/h4-10,13,18H,11-12H2,1-3H3/b6-4+,10-9+/t13-/m1/s1. The number of rotatable bonds is 4. The number of aliphatic hydroxyl groups excluding tert-OH is 1. The molecule has 0 fully saturated rings. The molecule has 0 spiro atoms. The molecule has 0 unspecified atom stereocenters. The lowest BCUT2D eigenvalue weighted by Gasteiger charge is -2.33. The van der Waals surface area contributed by atoms with Gasteiger partial charge in [-0.25, -0.2) is 0 Å². The van der Waals surface area contributed by atoms with Crippen molar-refractivity contribution in [2.24, 2.45) is 5.92 Å². The monoisotopic (exact) mass is 274 g/mol. The van der Waals surface area contributed by atoms with Gasteiger partial charge in [0.1, 0.15) is 5.75 Å². The average Bonchev–Trinajstić information content (AvgIpc) is 2.42. The Morgan fingerprint density at radius 1 is 1.35 bits per heavy atom. The fraction of sp³-hybridized carbons (Fsp3) is 0.412. The molecule has 0 saturated heterocycles. The highest BCUT2D eigenvalue weighted by Crippen LogP contribution is 2.33. The number of hydrogen-bond acceptors (Lipinski definition) is 3. The minimum atomic E-state index is -0.575. The van der Waals surface area contributed by atoms with Crippen LogP contribution in [0.25, 0.3) is 6.08 Å². The van der Waals surface area contributed by atoms with Crippen LogP contribution >= 0.6 is 0 Å². The summed E-state index contributed by atoms with van der Waals surface area (Å²) in [6, 6.07) is 5.97. The highest BCUT2D eigenvalue weighted by Gasteiger charge is 2.28. The average molecular weight is 274 g/mol. The molecule has 1 aliphatic rings. The van der Waals surface area contributed by atoms with E-state index in [-0.39, 0.29) is 12.5 Å². The molecule has 0 aliphatic carbocycles. The van der Waals surface area contributed by atoms with Gasteiger partial charge in [0.25, 0.3) is 0 Å². The van der Waals surface area contributed by atoms with E-state index in [1.54, 1.807) is 0 Å². The van der Waals surface area contributed by atoms with Gasteiger partial charge in [-0.3, -0.25) is 0 Å². The fourth-order valence-corrected chi connectivity index (χ4v) is 2.19. The lowest BCUT2D eigenvalue weighted by atomic mass is 10.0. The van der Waals surface area contributed by atoms with Crippen molar-refractivity contribution in [3.8, 4) is 5.75 Å². The van der Waals surface area contributed by atoms with Gasteiger partial charge in [-0.05, 0) is 18.6 Å². The summed E-state index contributed by atoms with van der Waals surface area (Å²) in [6.07, 6.45) is 7.93. The van der Waals surface area contributed by atoms with Crippen LogP contribution in [0.3, 0.4) is 0 Å². The second-order valence-electron chi connectivity index (χ2n) is 5.35. The van der Waals surface area contributed by atoms with Crippen molar-refractivity contribution >= 4 is 6.08 Å². The van der Waals surface area contributed by atoms with E-state index in [0.717, 1.165) is 16.9 Å². The number of allylic oxidation sites excluding steroid dienone is 1. The Kier molecular flexibility index (Phi) is 4.63. The van der Waals surface area contributed by atoms with Crippen LogP contribution in [-0.2, 0) is 11.3 Å². The van der Waals surface area contributed by atoms with Gasteiger partial charge in [0.15, 0.2) is 0 Å². The van der Waals surface area contributed by atoms with E-state index in [9.17, 15) is 5.11 Å². The Morgan fingerprint density at radius 2 is 2.15 bits per heavy atom. The molecule has 1 aromatic rings. The Balaban J connectivity index is 2.24. The largest absolute Gasteiger partial charge is 0.463 e. The maximum absolute atomic E-state index is 9.29. The predicted octanol–water partition coefficient (Wildman–Crippen LogP) is 3.53. The molecule has 3 heteroatoms. The summed E-state index contributed by atoms with van der Waals surface area (Å²) in [5.74, 6) is 0.334. The molecule has 0 radical (unpaired) electrons. The molecule has 3 nitrogen and oxygen atoms in total. The molecule has 0 amide bonds. The molecule has 1 atom stereocenters. The second kappa shape index (κ2) is 6.25. The van der Waals surface area contributed by atoms with Gasteiger partial charge in [0.2, 0.25) is 5.79 Å². The van der Waals surface area contributed by atoms with Crippen molar-refractivity contribution in [1.82, 2.24) is 0 Å². The second-order valence-corrected chi connectivity index (χ2v) is 5.35. The molecule has 0 saturated carbocycles. The van der Waals surface area contributed by atoms with Crippen molar-refractivity contribution in [2.75, 3.05) is 6.61 Å². The highest BCUT2D eigenvalue weighted by atomic mass is 16.7. The van der Waals surface area contributed by atoms with Gasteiger partial charge >= 0.3 is 0 Å². The molecule has 1 N–H and O–H groups in total. The Morgan fingerprint density at radius 3 is 2.85 bits per heavy atom. The topological polar surface area (TPSA) is 38.7 Å². The van der Waals surface area contributed by atoms with E-state index in [0.29, 0.717) is 6.61 Å². The molecule has 20 heavy (non-hydrogen) atoms. The van der Waals surface area contributed by atoms with Crippen LogP contribution in [0.2, 0.25) is 0 Å². The SMILES string of the molecule is C/C=C/[C@H](/C=C/c1cccc2c1COC(C)(C)O2)CO. The Bertz CT molecular complexity index is 515. The number of aliphatic hydroxyl groups is 1. The molecule has 108 valence electrons. The first-order valence-corrected chi connectivity index (χ1v) is 6.92. The third kappa shape index (κ3) is 3.50. The van der Waals surface area contributed by atoms with Crippen LogP contribution in [0.1, 0.15) is 31.9 Å². The van der Waals surface area contributed by atoms with Crippen LogP contribution in [0.4, 0.5) is 0 Å². The van der Waals surface area contributed by atoms with E-state index < -0.39 is 5.79 Å². The highest BCUT2D eigenvalue weighted by molar-refractivity contribution is 5.58. The smallest absolute Gasteiger partial charge is 0.205 e. The third-order valence-corrected chi connectivity index (χ3v) is 3.26. The molecule has 1 heterocycles. The van der Waals surface area contributed by atoms with E-state index in [1.807, 2.05) is 63.3 Å². The number of benzene rings is 1. The van der Waals surface area contributed by atoms with E-state index in [2.05, 4.69) is 0 Å².